The maximum Gasteiger partial charge on any atom is 0.129 e. The van der Waals surface area contributed by atoms with Crippen LogP contribution in [0.4, 0.5) is 15.8 Å². The number of benzene rings is 2. The summed E-state index contributed by atoms with van der Waals surface area (Å²) in [6.45, 7) is 0.532. The van der Waals surface area contributed by atoms with E-state index in [1.54, 1.807) is 6.07 Å². The summed E-state index contributed by atoms with van der Waals surface area (Å²) >= 11 is 3.34. The standard InChI is InChI=1S/C16H14BrFN2/c17-12-14-15(18)8-4-9-16(14)20(11-5-10-19)13-6-2-1-3-7-13/h1-4,6-9H,5,11-12H2. The third-order valence-electron chi connectivity index (χ3n) is 3.03. The summed E-state index contributed by atoms with van der Waals surface area (Å²) < 4.78 is 13.9. The Morgan fingerprint density at radius 3 is 2.50 bits per heavy atom. The molecule has 0 aromatic heterocycles. The van der Waals surface area contributed by atoms with Crippen molar-refractivity contribution in [3.8, 4) is 6.07 Å². The first kappa shape index (κ1) is 14.5. The molecule has 0 N–H and O–H groups in total. The first-order chi connectivity index (χ1) is 9.77. The molecule has 0 radical (unpaired) electrons. The maximum absolute atomic E-state index is 13.9. The second-order valence-electron chi connectivity index (χ2n) is 4.27. The summed E-state index contributed by atoms with van der Waals surface area (Å²) in [7, 11) is 0. The van der Waals surface area contributed by atoms with Gasteiger partial charge in [0.15, 0.2) is 0 Å². The highest BCUT2D eigenvalue weighted by atomic mass is 79.9. The molecule has 0 saturated carbocycles. The van der Waals surface area contributed by atoms with Crippen molar-refractivity contribution in [1.29, 1.82) is 5.26 Å². The molecule has 2 aromatic rings. The summed E-state index contributed by atoms with van der Waals surface area (Å²) in [5.41, 5.74) is 2.35. The lowest BCUT2D eigenvalue weighted by molar-refractivity contribution is 0.617. The van der Waals surface area contributed by atoms with E-state index in [0.29, 0.717) is 23.9 Å². The van der Waals surface area contributed by atoms with Crippen molar-refractivity contribution >= 4 is 27.3 Å². The number of para-hydroxylation sites is 1. The Morgan fingerprint density at radius 2 is 1.85 bits per heavy atom. The monoisotopic (exact) mass is 332 g/mol. The molecule has 0 atom stereocenters. The molecule has 0 fully saturated rings. The van der Waals surface area contributed by atoms with Gasteiger partial charge in [0, 0.05) is 28.8 Å². The van der Waals surface area contributed by atoms with Gasteiger partial charge in [0.25, 0.3) is 0 Å². The van der Waals surface area contributed by atoms with E-state index < -0.39 is 0 Å². The molecule has 0 spiro atoms. The molecule has 2 nitrogen and oxygen atoms in total. The van der Waals surface area contributed by atoms with Gasteiger partial charge in [-0.05, 0) is 24.3 Å². The van der Waals surface area contributed by atoms with Crippen molar-refractivity contribution in [2.45, 2.75) is 11.8 Å². The Hall–Kier alpha value is -1.86. The summed E-state index contributed by atoms with van der Waals surface area (Å²) in [6.07, 6.45) is 0.382. The fraction of sp³-hybridized carbons (Fsp3) is 0.188. The first-order valence-electron chi connectivity index (χ1n) is 6.31. The van der Waals surface area contributed by atoms with Crippen LogP contribution in [0.3, 0.4) is 0 Å². The lowest BCUT2D eigenvalue weighted by atomic mass is 10.1. The zero-order chi connectivity index (χ0) is 14.4. The molecule has 0 bridgehead atoms. The number of alkyl halides is 1. The Labute approximate surface area is 126 Å². The number of anilines is 2. The minimum Gasteiger partial charge on any atom is -0.340 e. The highest BCUT2D eigenvalue weighted by Gasteiger charge is 2.15. The van der Waals surface area contributed by atoms with Crippen LogP contribution < -0.4 is 4.90 Å². The Morgan fingerprint density at radius 1 is 1.10 bits per heavy atom. The molecule has 0 saturated heterocycles. The van der Waals surface area contributed by atoms with Crippen molar-refractivity contribution in [1.82, 2.24) is 0 Å². The van der Waals surface area contributed by atoms with E-state index in [9.17, 15) is 4.39 Å². The molecular formula is C16H14BrFN2. The van der Waals surface area contributed by atoms with Crippen molar-refractivity contribution < 1.29 is 4.39 Å². The topological polar surface area (TPSA) is 27.0 Å². The Balaban J connectivity index is 2.47. The first-order valence-corrected chi connectivity index (χ1v) is 7.43. The number of rotatable bonds is 5. The quantitative estimate of drug-likeness (QED) is 0.737. The van der Waals surface area contributed by atoms with Gasteiger partial charge in [-0.1, -0.05) is 40.2 Å². The maximum atomic E-state index is 13.9. The van der Waals surface area contributed by atoms with Crippen molar-refractivity contribution in [3.05, 3.63) is 59.9 Å². The van der Waals surface area contributed by atoms with Gasteiger partial charge in [-0.25, -0.2) is 4.39 Å². The molecule has 2 aromatic carbocycles. The highest BCUT2D eigenvalue weighted by molar-refractivity contribution is 9.08. The SMILES string of the molecule is N#CCCN(c1ccccc1)c1cccc(F)c1CBr. The van der Waals surface area contributed by atoms with Gasteiger partial charge in [0.1, 0.15) is 5.82 Å². The molecule has 4 heteroatoms. The molecule has 102 valence electrons. The van der Waals surface area contributed by atoms with Gasteiger partial charge >= 0.3 is 0 Å². The van der Waals surface area contributed by atoms with E-state index >= 15 is 0 Å². The van der Waals surface area contributed by atoms with Gasteiger partial charge < -0.3 is 4.90 Å². The van der Waals surface area contributed by atoms with Crippen molar-refractivity contribution in [2.24, 2.45) is 0 Å². The Bertz CT molecular complexity index is 608. The van der Waals surface area contributed by atoms with Crippen LogP contribution in [0, 0.1) is 17.1 Å². The highest BCUT2D eigenvalue weighted by Crippen LogP contribution is 2.31. The van der Waals surface area contributed by atoms with E-state index in [2.05, 4.69) is 22.0 Å². The number of nitriles is 1. The van der Waals surface area contributed by atoms with Crippen molar-refractivity contribution in [3.63, 3.8) is 0 Å². The number of hydrogen-bond donors (Lipinski definition) is 0. The Kier molecular flexibility index (Phi) is 5.14. The van der Waals surface area contributed by atoms with E-state index in [-0.39, 0.29) is 5.82 Å². The molecule has 0 amide bonds. The second-order valence-corrected chi connectivity index (χ2v) is 4.83. The molecule has 20 heavy (non-hydrogen) atoms. The minimum atomic E-state index is -0.239. The average Bonchev–Trinajstić information content (AvgIpc) is 2.49. The smallest absolute Gasteiger partial charge is 0.129 e. The lowest BCUT2D eigenvalue weighted by Gasteiger charge is -2.26. The van der Waals surface area contributed by atoms with Gasteiger partial charge in [-0.15, -0.1) is 0 Å². The third-order valence-corrected chi connectivity index (χ3v) is 3.59. The van der Waals surface area contributed by atoms with Gasteiger partial charge in [-0.2, -0.15) is 5.26 Å². The zero-order valence-corrected chi connectivity index (χ0v) is 12.5. The molecule has 0 aliphatic heterocycles. The second kappa shape index (κ2) is 7.06. The van der Waals surface area contributed by atoms with Crippen LogP contribution >= 0.6 is 15.9 Å². The van der Waals surface area contributed by atoms with Crippen LogP contribution in [0.25, 0.3) is 0 Å². The summed E-state index contributed by atoms with van der Waals surface area (Å²) in [4.78, 5) is 1.98. The minimum absolute atomic E-state index is 0.239. The summed E-state index contributed by atoms with van der Waals surface area (Å²) in [5, 5.41) is 9.27. The van der Waals surface area contributed by atoms with Crippen molar-refractivity contribution in [2.75, 3.05) is 11.4 Å². The van der Waals surface area contributed by atoms with Gasteiger partial charge in [-0.3, -0.25) is 0 Å². The molecule has 0 aliphatic carbocycles. The van der Waals surface area contributed by atoms with E-state index in [1.807, 2.05) is 41.3 Å². The van der Waals surface area contributed by atoms with Crippen LogP contribution in [-0.2, 0) is 5.33 Å². The fourth-order valence-corrected chi connectivity index (χ4v) is 2.65. The summed E-state index contributed by atoms with van der Waals surface area (Å²) in [5.74, 6) is -0.239. The molecule has 2 rings (SSSR count). The van der Waals surface area contributed by atoms with Crippen LogP contribution in [-0.4, -0.2) is 6.54 Å². The largest absolute Gasteiger partial charge is 0.340 e. The molecule has 0 heterocycles. The fourth-order valence-electron chi connectivity index (χ4n) is 2.09. The van der Waals surface area contributed by atoms with E-state index in [1.165, 1.54) is 6.07 Å². The number of halogens is 2. The van der Waals surface area contributed by atoms with Crippen LogP contribution in [0.5, 0.6) is 0 Å². The normalized spacial score (nSPS) is 10.1. The average molecular weight is 333 g/mol. The predicted octanol–water partition coefficient (Wildman–Crippen LogP) is 4.77. The molecule has 0 unspecified atom stereocenters. The molecular weight excluding hydrogens is 319 g/mol. The summed E-state index contributed by atoms with van der Waals surface area (Å²) in [6, 6.07) is 16.9. The van der Waals surface area contributed by atoms with E-state index in [0.717, 1.165) is 11.4 Å². The number of nitrogens with zero attached hydrogens (tertiary/aromatic N) is 2. The van der Waals surface area contributed by atoms with Gasteiger partial charge in [0.2, 0.25) is 0 Å². The van der Waals surface area contributed by atoms with Gasteiger partial charge in [0.05, 0.1) is 12.5 Å². The zero-order valence-electron chi connectivity index (χ0n) is 10.9. The third kappa shape index (κ3) is 3.17. The van der Waals surface area contributed by atoms with Crippen LogP contribution in [0.1, 0.15) is 12.0 Å². The predicted molar refractivity (Wildman–Crippen MR) is 82.7 cm³/mol. The van der Waals surface area contributed by atoms with Crippen LogP contribution in [0.2, 0.25) is 0 Å². The molecule has 0 aliphatic rings. The number of hydrogen-bond acceptors (Lipinski definition) is 2. The van der Waals surface area contributed by atoms with Crippen LogP contribution in [0.15, 0.2) is 48.5 Å². The van der Waals surface area contributed by atoms with E-state index in [4.69, 9.17) is 5.26 Å². The lowest BCUT2D eigenvalue weighted by Crippen LogP contribution is -2.19.